The first kappa shape index (κ1) is 44.5. The summed E-state index contributed by atoms with van der Waals surface area (Å²) in [6, 6.07) is 33.0. The van der Waals surface area contributed by atoms with Crippen LogP contribution in [0.5, 0.6) is 11.5 Å². The molecule has 10 nitrogen and oxygen atoms in total. The molecule has 13 heteroatoms. The van der Waals surface area contributed by atoms with Gasteiger partial charge in [0.15, 0.2) is 11.9 Å². The zero-order valence-electron chi connectivity index (χ0n) is 32.9. The number of rotatable bonds is 10. The van der Waals surface area contributed by atoms with E-state index in [1.165, 1.54) is 6.92 Å². The average Bonchev–Trinajstić information content (AvgIpc) is 3.46. The van der Waals surface area contributed by atoms with Crippen molar-refractivity contribution in [2.24, 2.45) is 0 Å². The zero-order valence-corrected chi connectivity index (χ0v) is 32.9. The van der Waals surface area contributed by atoms with Gasteiger partial charge in [-0.2, -0.15) is 0 Å². The molecule has 2 fully saturated rings. The summed E-state index contributed by atoms with van der Waals surface area (Å²) in [5, 5.41) is 9.47. The van der Waals surface area contributed by atoms with E-state index in [-0.39, 0.29) is 41.3 Å². The average molecular weight is 730 g/mol. The monoisotopic (exact) mass is 730 g/mol. The number of ketones is 1. The molecule has 280 valence electrons. The molecular formula is C41H49B2LiO10. The Bertz CT molecular complexity index is 1650. The maximum Gasteiger partial charge on any atom is 1.00 e. The van der Waals surface area contributed by atoms with Gasteiger partial charge >= 0.3 is 39.1 Å². The fourth-order valence-electron chi connectivity index (χ4n) is 5.54. The maximum atomic E-state index is 12.0. The van der Waals surface area contributed by atoms with E-state index in [2.05, 4.69) is 0 Å². The van der Waals surface area contributed by atoms with E-state index in [0.717, 1.165) is 16.5 Å². The SMILES string of the molecule is CC(=O)C(Oc1ccc(B2OC(C)(C)C(C)(C)O2)cc1)c1ccccc1.CC1(C)OB(c2ccc(OC(C(=O)O)c3ccccc3)cc2)OC1(C)C.[Li+].[OH-]. The van der Waals surface area contributed by atoms with E-state index in [9.17, 15) is 14.7 Å². The van der Waals surface area contributed by atoms with Crippen LogP contribution in [0.15, 0.2) is 109 Å². The Balaban J connectivity index is 0.000000280. The molecule has 0 amide bonds. The van der Waals surface area contributed by atoms with Crippen molar-refractivity contribution < 1.29 is 67.1 Å². The molecule has 2 heterocycles. The Morgan fingerprint density at radius 1 is 0.537 bits per heavy atom. The molecule has 0 aromatic heterocycles. The summed E-state index contributed by atoms with van der Waals surface area (Å²) in [7, 11) is -0.870. The number of hydrogen-bond donors (Lipinski definition) is 1. The van der Waals surface area contributed by atoms with E-state index >= 15 is 0 Å². The minimum atomic E-state index is -1.06. The Hall–Kier alpha value is -3.85. The molecule has 2 saturated heterocycles. The largest absolute Gasteiger partial charge is 1.00 e. The number of carbonyl (C=O) groups excluding carboxylic acids is 1. The zero-order chi connectivity index (χ0) is 37.9. The molecule has 4 aromatic carbocycles. The molecule has 2 N–H and O–H groups in total. The molecule has 54 heavy (non-hydrogen) atoms. The first-order chi connectivity index (χ1) is 24.4. The van der Waals surface area contributed by atoms with Crippen molar-refractivity contribution in [3.05, 3.63) is 120 Å². The second-order valence-electron chi connectivity index (χ2n) is 15.1. The van der Waals surface area contributed by atoms with Crippen LogP contribution < -0.4 is 39.3 Å². The molecule has 0 aliphatic carbocycles. The van der Waals surface area contributed by atoms with Gasteiger partial charge in [-0.1, -0.05) is 84.9 Å². The Morgan fingerprint density at radius 2 is 0.833 bits per heavy atom. The normalized spacial score (nSPS) is 18.5. The first-order valence-electron chi connectivity index (χ1n) is 17.5. The topological polar surface area (TPSA) is 140 Å². The van der Waals surface area contributed by atoms with Gasteiger partial charge in [0.2, 0.25) is 6.10 Å². The fraction of sp³-hybridized carbons (Fsp3) is 0.366. The third-order valence-electron chi connectivity index (χ3n) is 10.1. The summed E-state index contributed by atoms with van der Waals surface area (Å²) >= 11 is 0. The van der Waals surface area contributed by atoms with Gasteiger partial charge < -0.3 is 38.7 Å². The number of carbonyl (C=O) groups is 2. The van der Waals surface area contributed by atoms with Crippen LogP contribution >= 0.6 is 0 Å². The Labute approximate surface area is 331 Å². The van der Waals surface area contributed by atoms with Crippen LogP contribution in [-0.2, 0) is 28.2 Å². The van der Waals surface area contributed by atoms with E-state index < -0.39 is 43.6 Å². The van der Waals surface area contributed by atoms with Crippen LogP contribution in [-0.4, -0.2) is 59.0 Å². The molecule has 2 aliphatic heterocycles. The molecule has 0 radical (unpaired) electrons. The first-order valence-corrected chi connectivity index (χ1v) is 17.5. The second-order valence-corrected chi connectivity index (χ2v) is 15.1. The van der Waals surface area contributed by atoms with Crippen molar-refractivity contribution >= 4 is 36.9 Å². The van der Waals surface area contributed by atoms with Crippen molar-refractivity contribution in [2.75, 3.05) is 0 Å². The van der Waals surface area contributed by atoms with Crippen molar-refractivity contribution in [1.29, 1.82) is 0 Å². The summed E-state index contributed by atoms with van der Waals surface area (Å²) in [6.45, 7) is 17.7. The number of carboxylic acids is 1. The number of aliphatic carboxylic acids is 1. The van der Waals surface area contributed by atoms with Gasteiger partial charge in [-0.3, -0.25) is 4.79 Å². The van der Waals surface area contributed by atoms with Crippen LogP contribution in [0.2, 0.25) is 0 Å². The molecule has 0 saturated carbocycles. The molecule has 0 bridgehead atoms. The van der Waals surface area contributed by atoms with Crippen LogP contribution in [0, 0.1) is 0 Å². The van der Waals surface area contributed by atoms with Crippen LogP contribution in [0.1, 0.15) is 85.6 Å². The summed E-state index contributed by atoms with van der Waals surface area (Å²) in [6.07, 6.45) is -1.67. The molecule has 4 aromatic rings. The summed E-state index contributed by atoms with van der Waals surface area (Å²) in [5.74, 6) is 0.0355. The quantitative estimate of drug-likeness (QED) is 0.241. The van der Waals surface area contributed by atoms with Gasteiger partial charge in [-0.15, -0.1) is 0 Å². The molecular weight excluding hydrogens is 681 g/mol. The molecule has 2 atom stereocenters. The second kappa shape index (κ2) is 17.7. The van der Waals surface area contributed by atoms with Crippen molar-refractivity contribution in [3.8, 4) is 11.5 Å². The third-order valence-corrected chi connectivity index (χ3v) is 10.1. The van der Waals surface area contributed by atoms with Crippen molar-refractivity contribution in [2.45, 2.75) is 96.9 Å². The van der Waals surface area contributed by atoms with Gasteiger partial charge in [0.1, 0.15) is 11.5 Å². The predicted octanol–water partition coefficient (Wildman–Crippen LogP) is 3.71. The number of hydrogen-bond acceptors (Lipinski definition) is 9. The van der Waals surface area contributed by atoms with Crippen LogP contribution in [0.25, 0.3) is 0 Å². The third kappa shape index (κ3) is 10.3. The van der Waals surface area contributed by atoms with Gasteiger partial charge in [0.05, 0.1) is 22.4 Å². The number of carboxylic acid groups (broad SMARTS) is 1. The number of Topliss-reactive ketones (excluding diaryl/α,β-unsaturated/α-hetero) is 1. The standard InChI is InChI=1S/C21H25BO4.C20H23BO5.Li.H2O/c1-15(23)19(16-9-7-6-8-10-16)24-18-13-11-17(12-14-18)22-25-20(2,3)21(4,5)26-22;1-19(2)20(3,4)26-21(25-19)15-10-12-16(13-11-15)24-17(18(22)23)14-8-6-5-7-9-14;;/h6-14,19H,1-5H3;5-13,17H,1-4H3,(H,22,23);;1H2/q;;+1;/p-1. The summed E-state index contributed by atoms with van der Waals surface area (Å²) < 4.78 is 35.8. The van der Waals surface area contributed by atoms with Crippen molar-refractivity contribution in [3.63, 3.8) is 0 Å². The maximum absolute atomic E-state index is 12.0. The molecule has 2 unspecified atom stereocenters. The Kier molecular flexibility index (Phi) is 14.6. The predicted molar refractivity (Wildman–Crippen MR) is 204 cm³/mol. The van der Waals surface area contributed by atoms with E-state index in [1.54, 1.807) is 36.4 Å². The van der Waals surface area contributed by atoms with Crippen molar-refractivity contribution in [1.82, 2.24) is 0 Å². The van der Waals surface area contributed by atoms with E-state index in [1.807, 2.05) is 128 Å². The molecule has 2 aliphatic rings. The molecule has 0 spiro atoms. The van der Waals surface area contributed by atoms with E-state index in [0.29, 0.717) is 17.1 Å². The number of benzene rings is 4. The minimum absolute atomic E-state index is 0. The van der Waals surface area contributed by atoms with Gasteiger partial charge in [-0.05, 0) is 103 Å². The summed E-state index contributed by atoms with van der Waals surface area (Å²) in [4.78, 5) is 23.6. The minimum Gasteiger partial charge on any atom is -0.870 e. The Morgan fingerprint density at radius 3 is 1.13 bits per heavy atom. The summed E-state index contributed by atoms with van der Waals surface area (Å²) in [5.41, 5.74) is 1.66. The van der Waals surface area contributed by atoms with Gasteiger partial charge in [0, 0.05) is 5.56 Å². The van der Waals surface area contributed by atoms with Crippen LogP contribution in [0.3, 0.4) is 0 Å². The van der Waals surface area contributed by atoms with Gasteiger partial charge in [-0.25, -0.2) is 4.79 Å². The fourth-order valence-corrected chi connectivity index (χ4v) is 5.54. The smallest absolute Gasteiger partial charge is 0.870 e. The number of ether oxygens (including phenoxy) is 2. The molecule has 6 rings (SSSR count). The van der Waals surface area contributed by atoms with Gasteiger partial charge in [0.25, 0.3) is 0 Å². The van der Waals surface area contributed by atoms with Crippen LogP contribution in [0.4, 0.5) is 0 Å². The van der Waals surface area contributed by atoms with E-state index in [4.69, 9.17) is 28.1 Å².